The van der Waals surface area contributed by atoms with E-state index in [1.165, 1.54) is 30.5 Å². The molecule has 1 rings (SSSR count). The monoisotopic (exact) mass is 231 g/mol. The molecule has 0 aliphatic heterocycles. The summed E-state index contributed by atoms with van der Waals surface area (Å²) in [6.45, 7) is 1.84. The largest absolute Gasteiger partial charge is 1.00 e. The molecule has 0 saturated carbocycles. The summed E-state index contributed by atoms with van der Waals surface area (Å²) in [5.74, 6) is 0. The quantitative estimate of drug-likeness (QED) is 0.297. The standard InChI is InChI=1S/C9H10N3O3.Na/c1-2-6-10-11(13)8-4-3-5-9(7-8)12(14)15;/h3-7H,2H2,1H3;/q-1;+1. The molecule has 6 nitrogen and oxygen atoms in total. The maximum Gasteiger partial charge on any atom is 1.00 e. The average molecular weight is 231 g/mol. The summed E-state index contributed by atoms with van der Waals surface area (Å²) in [7, 11) is 0. The Kier molecular flexibility index (Phi) is 6.91. The molecule has 0 atom stereocenters. The number of nitrogens with zero attached hydrogens (tertiary/aromatic N) is 3. The van der Waals surface area contributed by atoms with Gasteiger partial charge in [-0.15, -0.1) is 0 Å². The Bertz CT molecular complexity index is 384. The normalized spacial score (nSPS) is 9.88. The van der Waals surface area contributed by atoms with Crippen molar-refractivity contribution in [3.63, 3.8) is 0 Å². The molecule has 0 bridgehead atoms. The Balaban J connectivity index is 0.00000225. The van der Waals surface area contributed by atoms with Gasteiger partial charge in [-0.2, -0.15) is 5.10 Å². The zero-order valence-electron chi connectivity index (χ0n) is 9.16. The van der Waals surface area contributed by atoms with Crippen molar-refractivity contribution in [2.45, 2.75) is 13.3 Å². The molecule has 0 heterocycles. The van der Waals surface area contributed by atoms with Gasteiger partial charge in [0.1, 0.15) is 0 Å². The third-order valence-electron chi connectivity index (χ3n) is 1.63. The molecule has 0 N–H and O–H groups in total. The third kappa shape index (κ3) is 4.28. The van der Waals surface area contributed by atoms with E-state index in [0.717, 1.165) is 0 Å². The van der Waals surface area contributed by atoms with E-state index in [4.69, 9.17) is 0 Å². The van der Waals surface area contributed by atoms with E-state index in [-0.39, 0.29) is 40.9 Å². The van der Waals surface area contributed by atoms with E-state index in [0.29, 0.717) is 11.6 Å². The van der Waals surface area contributed by atoms with E-state index in [1.807, 2.05) is 6.92 Å². The van der Waals surface area contributed by atoms with E-state index in [2.05, 4.69) is 5.10 Å². The molecule has 1 aromatic rings. The van der Waals surface area contributed by atoms with Crippen LogP contribution in [-0.4, -0.2) is 11.1 Å². The van der Waals surface area contributed by atoms with Crippen molar-refractivity contribution in [1.29, 1.82) is 0 Å². The molecule has 0 aromatic heterocycles. The summed E-state index contributed by atoms with van der Waals surface area (Å²) in [4.78, 5) is 9.88. The maximum atomic E-state index is 11.3. The van der Waals surface area contributed by atoms with Crippen molar-refractivity contribution in [2.75, 3.05) is 5.17 Å². The van der Waals surface area contributed by atoms with Gasteiger partial charge in [0.15, 0.2) is 0 Å². The molecule has 0 radical (unpaired) electrons. The number of anilines is 1. The number of nitro groups is 1. The van der Waals surface area contributed by atoms with E-state index in [1.54, 1.807) is 0 Å². The van der Waals surface area contributed by atoms with Crippen molar-refractivity contribution < 1.29 is 34.5 Å². The molecule has 0 amide bonds. The van der Waals surface area contributed by atoms with Gasteiger partial charge in [0, 0.05) is 18.3 Å². The van der Waals surface area contributed by atoms with Crippen LogP contribution in [0.2, 0.25) is 0 Å². The molecular formula is C9H10N3NaO3. The SMILES string of the molecule is CCC=NN([O-])c1cccc([N+](=O)[O-])c1.[Na+]. The van der Waals surface area contributed by atoms with Crippen LogP contribution in [0.1, 0.15) is 13.3 Å². The molecule has 80 valence electrons. The minimum atomic E-state index is -0.555. The molecule has 1 aromatic carbocycles. The third-order valence-corrected chi connectivity index (χ3v) is 1.63. The summed E-state index contributed by atoms with van der Waals surface area (Å²) in [6.07, 6.45) is 2.07. The van der Waals surface area contributed by atoms with Crippen LogP contribution in [-0.2, 0) is 0 Å². The first-order chi connectivity index (χ1) is 7.15. The minimum Gasteiger partial charge on any atom is -0.737 e. The van der Waals surface area contributed by atoms with Gasteiger partial charge < -0.3 is 10.4 Å². The fraction of sp³-hybridized carbons (Fsp3) is 0.222. The molecule has 0 aliphatic rings. The summed E-state index contributed by atoms with van der Waals surface area (Å²) in [5, 5.41) is 25.6. The van der Waals surface area contributed by atoms with Crippen molar-refractivity contribution in [1.82, 2.24) is 0 Å². The van der Waals surface area contributed by atoms with E-state index >= 15 is 0 Å². The average Bonchev–Trinajstić information content (AvgIpc) is 2.26. The topological polar surface area (TPSA) is 81.8 Å². The molecule has 7 heteroatoms. The van der Waals surface area contributed by atoms with Gasteiger partial charge in [-0.1, -0.05) is 13.0 Å². The molecule has 0 aliphatic carbocycles. The van der Waals surface area contributed by atoms with Crippen molar-refractivity contribution >= 4 is 17.6 Å². The van der Waals surface area contributed by atoms with Gasteiger partial charge >= 0.3 is 29.6 Å². The number of non-ortho nitro benzene ring substituents is 1. The van der Waals surface area contributed by atoms with Gasteiger partial charge in [0.05, 0.1) is 10.6 Å². The van der Waals surface area contributed by atoms with Crippen LogP contribution in [0.25, 0.3) is 0 Å². The Labute approximate surface area is 115 Å². The number of nitro benzene ring substituents is 1. The number of hydrazone groups is 1. The zero-order valence-corrected chi connectivity index (χ0v) is 11.2. The smallest absolute Gasteiger partial charge is 0.737 e. The Hall–Kier alpha value is -0.950. The van der Waals surface area contributed by atoms with Crippen molar-refractivity contribution in [2.24, 2.45) is 5.10 Å². The Morgan fingerprint density at radius 2 is 2.25 bits per heavy atom. The first-order valence-corrected chi connectivity index (χ1v) is 4.39. The van der Waals surface area contributed by atoms with Crippen LogP contribution < -0.4 is 34.7 Å². The number of rotatable bonds is 4. The number of hydrogen-bond acceptors (Lipinski definition) is 5. The van der Waals surface area contributed by atoms with Gasteiger partial charge in [-0.25, -0.2) is 0 Å². The molecule has 0 unspecified atom stereocenters. The summed E-state index contributed by atoms with van der Waals surface area (Å²) < 4.78 is 0. The van der Waals surface area contributed by atoms with Crippen LogP contribution >= 0.6 is 0 Å². The summed E-state index contributed by atoms with van der Waals surface area (Å²) >= 11 is 0. The second-order valence-electron chi connectivity index (χ2n) is 2.76. The van der Waals surface area contributed by atoms with Crippen LogP contribution in [0.3, 0.4) is 0 Å². The number of hydrogen-bond donors (Lipinski definition) is 0. The van der Waals surface area contributed by atoms with Gasteiger partial charge in [-0.05, 0) is 12.5 Å². The van der Waals surface area contributed by atoms with Crippen LogP contribution in [0.4, 0.5) is 11.4 Å². The fourth-order valence-corrected chi connectivity index (χ4v) is 0.948. The predicted molar refractivity (Wildman–Crippen MR) is 57.7 cm³/mol. The molecule has 0 fully saturated rings. The van der Waals surface area contributed by atoms with Crippen LogP contribution in [0.5, 0.6) is 0 Å². The second-order valence-corrected chi connectivity index (χ2v) is 2.76. The van der Waals surface area contributed by atoms with Gasteiger partial charge in [0.2, 0.25) is 0 Å². The Morgan fingerprint density at radius 3 is 2.81 bits per heavy atom. The van der Waals surface area contributed by atoms with Crippen LogP contribution in [0.15, 0.2) is 29.4 Å². The molecular weight excluding hydrogens is 221 g/mol. The minimum absolute atomic E-state index is 0. The molecule has 0 saturated heterocycles. The Morgan fingerprint density at radius 1 is 1.56 bits per heavy atom. The van der Waals surface area contributed by atoms with Crippen molar-refractivity contribution in [3.05, 3.63) is 39.6 Å². The fourth-order valence-electron chi connectivity index (χ4n) is 0.948. The summed E-state index contributed by atoms with van der Waals surface area (Å²) in [5.41, 5.74) is 0.0222. The van der Waals surface area contributed by atoms with Gasteiger partial charge in [0.25, 0.3) is 5.69 Å². The molecule has 0 spiro atoms. The predicted octanol–water partition coefficient (Wildman–Crippen LogP) is -0.701. The first kappa shape index (κ1) is 15.0. The van der Waals surface area contributed by atoms with Gasteiger partial charge in [-0.3, -0.25) is 10.1 Å². The van der Waals surface area contributed by atoms with Crippen LogP contribution in [0, 0.1) is 15.3 Å². The first-order valence-electron chi connectivity index (χ1n) is 4.39. The van der Waals surface area contributed by atoms with E-state index < -0.39 is 4.92 Å². The maximum absolute atomic E-state index is 11.3. The molecule has 16 heavy (non-hydrogen) atoms. The van der Waals surface area contributed by atoms with Crippen molar-refractivity contribution in [3.8, 4) is 0 Å². The zero-order chi connectivity index (χ0) is 11.3. The summed E-state index contributed by atoms with van der Waals surface area (Å²) in [6, 6.07) is 5.41. The van der Waals surface area contributed by atoms with E-state index in [9.17, 15) is 15.3 Å². The number of benzene rings is 1. The second kappa shape index (κ2) is 7.34.